The van der Waals surface area contributed by atoms with Crippen molar-refractivity contribution in [2.45, 2.75) is 12.5 Å². The summed E-state index contributed by atoms with van der Waals surface area (Å²) in [5.74, 6) is 1.08. The molecule has 6 aromatic rings. The van der Waals surface area contributed by atoms with Gasteiger partial charge in [0.25, 0.3) is 5.91 Å². The molecule has 5 aromatic carbocycles. The third-order valence-corrected chi connectivity index (χ3v) is 8.31. The summed E-state index contributed by atoms with van der Waals surface area (Å²) in [7, 11) is 1.64. The molecule has 220 valence electrons. The molecule has 1 N–H and O–H groups in total. The molecule has 0 saturated heterocycles. The third-order valence-electron chi connectivity index (χ3n) is 7.82. The zero-order chi connectivity index (χ0) is 30.8. The van der Waals surface area contributed by atoms with E-state index < -0.39 is 0 Å². The van der Waals surface area contributed by atoms with E-state index in [0.29, 0.717) is 17.9 Å². The Morgan fingerprint density at radius 1 is 0.822 bits per heavy atom. The molecule has 45 heavy (non-hydrogen) atoms. The molecule has 0 saturated carbocycles. The number of carbonyl (C=O) groups excluding carboxylic acids is 1. The standard InChI is InChI=1S/C37H28BrN5O2/c1-45-30-19-14-24(15-20-30)33-23-34(25-8-4-2-5-9-25)43(42-33)36(44)27-12-17-29(18-13-27)39-37-40-32-21-16-28(38)22-31(32)35(41-37)26-10-6-3-7-11-26/h2-22,34H,23H2,1H3,(H,39,40,41)/t34-/m0/s1. The van der Waals surface area contributed by atoms with Crippen LogP contribution < -0.4 is 10.1 Å². The van der Waals surface area contributed by atoms with Gasteiger partial charge in [0.2, 0.25) is 5.95 Å². The Labute approximate surface area is 269 Å². The van der Waals surface area contributed by atoms with Crippen molar-refractivity contribution in [2.75, 3.05) is 12.4 Å². The molecular formula is C37H28BrN5O2. The second-order valence-corrected chi connectivity index (χ2v) is 11.6. The minimum Gasteiger partial charge on any atom is -0.497 e. The molecule has 1 amide bonds. The first-order valence-corrected chi connectivity index (χ1v) is 15.4. The van der Waals surface area contributed by atoms with E-state index in [1.165, 1.54) is 0 Å². The fraction of sp³-hybridized carbons (Fsp3) is 0.0811. The van der Waals surface area contributed by atoms with E-state index >= 15 is 0 Å². The summed E-state index contributed by atoms with van der Waals surface area (Å²) in [5, 5.41) is 10.7. The highest BCUT2D eigenvalue weighted by molar-refractivity contribution is 9.10. The van der Waals surface area contributed by atoms with Crippen LogP contribution in [0.1, 0.15) is 33.9 Å². The highest BCUT2D eigenvalue weighted by atomic mass is 79.9. The summed E-state index contributed by atoms with van der Waals surface area (Å²) < 4.78 is 6.28. The highest BCUT2D eigenvalue weighted by Crippen LogP contribution is 2.35. The van der Waals surface area contributed by atoms with E-state index in [-0.39, 0.29) is 11.9 Å². The van der Waals surface area contributed by atoms with E-state index in [1.54, 1.807) is 12.1 Å². The average molecular weight is 655 g/mol. The number of nitrogens with one attached hydrogen (secondary N) is 1. The summed E-state index contributed by atoms with van der Waals surface area (Å²) in [4.78, 5) is 23.5. The minimum atomic E-state index is -0.212. The molecule has 0 spiro atoms. The van der Waals surface area contributed by atoms with Crippen LogP contribution in [0.25, 0.3) is 22.2 Å². The van der Waals surface area contributed by atoms with Crippen molar-refractivity contribution in [3.8, 4) is 17.0 Å². The number of halogens is 1. The maximum Gasteiger partial charge on any atom is 0.274 e. The van der Waals surface area contributed by atoms with Crippen molar-refractivity contribution in [3.05, 3.63) is 149 Å². The lowest BCUT2D eigenvalue weighted by molar-refractivity contribution is 0.0711. The normalized spacial score (nSPS) is 14.3. The largest absolute Gasteiger partial charge is 0.497 e. The summed E-state index contributed by atoms with van der Waals surface area (Å²) >= 11 is 3.58. The predicted molar refractivity (Wildman–Crippen MR) is 182 cm³/mol. The third kappa shape index (κ3) is 5.92. The van der Waals surface area contributed by atoms with Crippen LogP contribution in [0.4, 0.5) is 11.6 Å². The number of ether oxygens (including phenoxy) is 1. The second-order valence-electron chi connectivity index (χ2n) is 10.7. The predicted octanol–water partition coefficient (Wildman–Crippen LogP) is 8.80. The Balaban J connectivity index is 1.17. The molecule has 0 aliphatic carbocycles. The SMILES string of the molecule is COc1ccc(C2=NN(C(=O)c3ccc(Nc4nc(-c5ccccc5)c5cc(Br)ccc5n4)cc3)[C@H](c3ccccc3)C2)cc1. The van der Waals surface area contributed by atoms with Crippen LogP contribution >= 0.6 is 15.9 Å². The van der Waals surface area contributed by atoms with Gasteiger partial charge < -0.3 is 10.1 Å². The Morgan fingerprint density at radius 3 is 2.24 bits per heavy atom. The molecule has 7 rings (SSSR count). The number of nitrogens with zero attached hydrogens (tertiary/aromatic N) is 4. The Kier molecular flexibility index (Phi) is 7.80. The van der Waals surface area contributed by atoms with Crippen LogP contribution in [0.15, 0.2) is 137 Å². The number of anilines is 2. The van der Waals surface area contributed by atoms with Crippen molar-refractivity contribution >= 4 is 50.1 Å². The van der Waals surface area contributed by atoms with Crippen LogP contribution in [0.3, 0.4) is 0 Å². The molecule has 2 heterocycles. The smallest absolute Gasteiger partial charge is 0.274 e. The lowest BCUT2D eigenvalue weighted by Gasteiger charge is -2.22. The first-order chi connectivity index (χ1) is 22.1. The minimum absolute atomic E-state index is 0.169. The number of hydrogen-bond donors (Lipinski definition) is 1. The maximum absolute atomic E-state index is 13.9. The number of carbonyl (C=O) groups is 1. The number of fused-ring (bicyclic) bond motifs is 1. The van der Waals surface area contributed by atoms with Crippen LogP contribution in [0, 0.1) is 0 Å². The van der Waals surface area contributed by atoms with E-state index in [0.717, 1.165) is 54.9 Å². The lowest BCUT2D eigenvalue weighted by atomic mass is 9.98. The maximum atomic E-state index is 13.9. The first kappa shape index (κ1) is 28.4. The molecular weight excluding hydrogens is 626 g/mol. The number of hydrogen-bond acceptors (Lipinski definition) is 6. The lowest BCUT2D eigenvalue weighted by Crippen LogP contribution is -2.27. The Bertz CT molecular complexity index is 2020. The van der Waals surface area contributed by atoms with Crippen LogP contribution in [-0.4, -0.2) is 33.7 Å². The van der Waals surface area contributed by atoms with Gasteiger partial charge in [-0.1, -0.05) is 76.6 Å². The number of hydrazone groups is 1. The van der Waals surface area contributed by atoms with Crippen molar-refractivity contribution in [3.63, 3.8) is 0 Å². The van der Waals surface area contributed by atoms with Gasteiger partial charge in [-0.05, 0) is 77.9 Å². The van der Waals surface area contributed by atoms with Gasteiger partial charge in [0.15, 0.2) is 0 Å². The molecule has 0 fully saturated rings. The molecule has 8 heteroatoms. The van der Waals surface area contributed by atoms with E-state index in [9.17, 15) is 4.79 Å². The molecule has 7 nitrogen and oxygen atoms in total. The average Bonchev–Trinajstić information content (AvgIpc) is 3.55. The number of amides is 1. The van der Waals surface area contributed by atoms with Crippen molar-refractivity contribution in [2.24, 2.45) is 5.10 Å². The molecule has 1 aromatic heterocycles. The summed E-state index contributed by atoms with van der Waals surface area (Å²) in [5.41, 5.74) is 6.82. The monoisotopic (exact) mass is 653 g/mol. The van der Waals surface area contributed by atoms with Gasteiger partial charge in [-0.25, -0.2) is 15.0 Å². The van der Waals surface area contributed by atoms with E-state index in [2.05, 4.69) is 21.2 Å². The summed E-state index contributed by atoms with van der Waals surface area (Å²) in [6.07, 6.45) is 0.612. The summed E-state index contributed by atoms with van der Waals surface area (Å²) in [6.45, 7) is 0. The van der Waals surface area contributed by atoms with Crippen molar-refractivity contribution in [1.82, 2.24) is 15.0 Å². The van der Waals surface area contributed by atoms with Gasteiger partial charge in [0.05, 0.1) is 30.1 Å². The van der Waals surface area contributed by atoms with Gasteiger partial charge in [-0.3, -0.25) is 4.79 Å². The van der Waals surface area contributed by atoms with Crippen molar-refractivity contribution in [1.29, 1.82) is 0 Å². The van der Waals surface area contributed by atoms with Gasteiger partial charge in [-0.2, -0.15) is 5.10 Å². The topological polar surface area (TPSA) is 79.7 Å². The highest BCUT2D eigenvalue weighted by Gasteiger charge is 2.33. The summed E-state index contributed by atoms with van der Waals surface area (Å²) in [6, 6.07) is 41.0. The zero-order valence-corrected chi connectivity index (χ0v) is 26.0. The molecule has 1 aliphatic heterocycles. The van der Waals surface area contributed by atoms with E-state index in [1.807, 2.05) is 127 Å². The quantitative estimate of drug-likeness (QED) is 0.186. The van der Waals surface area contributed by atoms with Gasteiger partial charge in [0.1, 0.15) is 5.75 Å². The van der Waals surface area contributed by atoms with Gasteiger partial charge in [-0.15, -0.1) is 0 Å². The second kappa shape index (κ2) is 12.3. The molecule has 1 aliphatic rings. The van der Waals surface area contributed by atoms with Crippen LogP contribution in [0.2, 0.25) is 0 Å². The first-order valence-electron chi connectivity index (χ1n) is 14.6. The van der Waals surface area contributed by atoms with Gasteiger partial charge >= 0.3 is 0 Å². The van der Waals surface area contributed by atoms with Gasteiger partial charge in [0, 0.05) is 33.1 Å². The molecule has 0 unspecified atom stereocenters. The number of benzene rings is 5. The van der Waals surface area contributed by atoms with Crippen molar-refractivity contribution < 1.29 is 9.53 Å². The fourth-order valence-electron chi connectivity index (χ4n) is 5.52. The molecule has 0 bridgehead atoms. The fourth-order valence-corrected chi connectivity index (χ4v) is 5.88. The van der Waals surface area contributed by atoms with Crippen LogP contribution in [-0.2, 0) is 0 Å². The number of rotatable bonds is 7. The number of methoxy groups -OCH3 is 1. The van der Waals surface area contributed by atoms with E-state index in [4.69, 9.17) is 19.8 Å². The van der Waals surface area contributed by atoms with Crippen LogP contribution in [0.5, 0.6) is 5.75 Å². The zero-order valence-electron chi connectivity index (χ0n) is 24.4. The number of aromatic nitrogens is 2. The Hall–Kier alpha value is -5.34. The molecule has 1 atom stereocenters. The molecule has 0 radical (unpaired) electrons. The Morgan fingerprint density at radius 2 is 1.53 bits per heavy atom.